The van der Waals surface area contributed by atoms with Crippen molar-refractivity contribution < 1.29 is 22.8 Å². The van der Waals surface area contributed by atoms with Crippen molar-refractivity contribution in [3.8, 4) is 11.5 Å². The molecule has 0 saturated carbocycles. The Balaban J connectivity index is 2.55. The van der Waals surface area contributed by atoms with Gasteiger partial charge in [-0.2, -0.15) is 0 Å². The van der Waals surface area contributed by atoms with Gasteiger partial charge in [0.1, 0.15) is 5.75 Å². The van der Waals surface area contributed by atoms with Crippen LogP contribution < -0.4 is 9.47 Å². The van der Waals surface area contributed by atoms with Gasteiger partial charge in [-0.3, -0.25) is 10.1 Å². The number of nitro groups is 1. The molecule has 24 heavy (non-hydrogen) atoms. The minimum Gasteiger partial charge on any atom is -0.497 e. The zero-order valence-electron chi connectivity index (χ0n) is 13.5. The van der Waals surface area contributed by atoms with E-state index >= 15 is 0 Å². The number of nitro benzene ring substituents is 1. The smallest absolute Gasteiger partial charge is 0.315 e. The summed E-state index contributed by atoms with van der Waals surface area (Å²) in [5, 5.41) is 11.4. The average Bonchev–Trinajstić information content (AvgIpc) is 2.53. The Labute approximate surface area is 139 Å². The molecule has 8 heteroatoms. The van der Waals surface area contributed by atoms with Crippen LogP contribution in [-0.2, 0) is 15.6 Å². The van der Waals surface area contributed by atoms with E-state index in [-0.39, 0.29) is 27.6 Å². The highest BCUT2D eigenvalue weighted by Gasteiger charge is 2.27. The number of hydrogen-bond acceptors (Lipinski definition) is 6. The third-order valence-electron chi connectivity index (χ3n) is 3.49. The van der Waals surface area contributed by atoms with Gasteiger partial charge in [-0.15, -0.1) is 0 Å². The molecule has 0 aliphatic rings. The molecule has 128 valence electrons. The maximum Gasteiger partial charge on any atom is 0.315 e. The second-order valence-corrected chi connectivity index (χ2v) is 7.16. The molecule has 0 unspecified atom stereocenters. The molecule has 2 aromatic carbocycles. The first kappa shape index (κ1) is 17.7. The van der Waals surface area contributed by atoms with E-state index in [0.717, 1.165) is 5.56 Å². The van der Waals surface area contributed by atoms with Crippen molar-refractivity contribution >= 4 is 15.5 Å². The Morgan fingerprint density at radius 2 is 1.71 bits per heavy atom. The Morgan fingerprint density at radius 1 is 1.08 bits per heavy atom. The van der Waals surface area contributed by atoms with Crippen molar-refractivity contribution in [2.45, 2.75) is 17.6 Å². The molecule has 0 amide bonds. The second-order valence-electron chi connectivity index (χ2n) is 5.17. The number of nitrogens with zero attached hydrogens (tertiary/aromatic N) is 1. The van der Waals surface area contributed by atoms with Crippen LogP contribution in [0, 0.1) is 17.0 Å². The zero-order valence-corrected chi connectivity index (χ0v) is 14.3. The molecule has 0 N–H and O–H groups in total. The summed E-state index contributed by atoms with van der Waals surface area (Å²) < 4.78 is 35.2. The summed E-state index contributed by atoms with van der Waals surface area (Å²) in [6, 6.07) is 9.00. The number of hydrogen-bond donors (Lipinski definition) is 0. The van der Waals surface area contributed by atoms with Crippen molar-refractivity contribution in [3.05, 3.63) is 57.6 Å². The van der Waals surface area contributed by atoms with Gasteiger partial charge in [0.2, 0.25) is 5.75 Å². The number of rotatable bonds is 6. The number of sulfone groups is 1. The van der Waals surface area contributed by atoms with E-state index < -0.39 is 20.5 Å². The first-order valence-electron chi connectivity index (χ1n) is 6.97. The summed E-state index contributed by atoms with van der Waals surface area (Å²) in [4.78, 5) is 10.8. The number of aryl methyl sites for hydroxylation is 1. The van der Waals surface area contributed by atoms with Crippen LogP contribution in [0.5, 0.6) is 11.5 Å². The molecule has 2 aromatic rings. The summed E-state index contributed by atoms with van der Waals surface area (Å²) >= 11 is 0. The van der Waals surface area contributed by atoms with Crippen LogP contribution >= 0.6 is 0 Å². The van der Waals surface area contributed by atoms with Crippen molar-refractivity contribution in [2.24, 2.45) is 0 Å². The first-order chi connectivity index (χ1) is 11.3. The molecular formula is C16H17NO6S. The average molecular weight is 351 g/mol. The van der Waals surface area contributed by atoms with Gasteiger partial charge in [0, 0.05) is 6.07 Å². The van der Waals surface area contributed by atoms with Gasteiger partial charge in [-0.25, -0.2) is 8.42 Å². The van der Waals surface area contributed by atoms with Crippen LogP contribution in [0.1, 0.15) is 11.1 Å². The molecule has 0 atom stereocenters. The van der Waals surface area contributed by atoms with E-state index in [1.807, 2.05) is 6.92 Å². The molecule has 0 radical (unpaired) electrons. The second kappa shape index (κ2) is 6.88. The quantitative estimate of drug-likeness (QED) is 0.586. The largest absolute Gasteiger partial charge is 0.497 e. The lowest BCUT2D eigenvalue weighted by atomic mass is 10.1. The fraction of sp³-hybridized carbons (Fsp3) is 0.250. The minimum atomic E-state index is -3.75. The lowest BCUT2D eigenvalue weighted by molar-refractivity contribution is -0.386. The van der Waals surface area contributed by atoms with Crippen LogP contribution in [0.4, 0.5) is 5.69 Å². The van der Waals surface area contributed by atoms with Gasteiger partial charge in [-0.1, -0.05) is 17.7 Å². The molecule has 0 aliphatic heterocycles. The van der Waals surface area contributed by atoms with Crippen molar-refractivity contribution in [1.82, 2.24) is 0 Å². The molecular weight excluding hydrogens is 334 g/mol. The van der Waals surface area contributed by atoms with Crippen LogP contribution in [0.3, 0.4) is 0 Å². The monoisotopic (exact) mass is 351 g/mol. The highest BCUT2D eigenvalue weighted by molar-refractivity contribution is 7.90. The van der Waals surface area contributed by atoms with Gasteiger partial charge in [0.25, 0.3) is 0 Å². The lowest BCUT2D eigenvalue weighted by Gasteiger charge is -2.11. The maximum atomic E-state index is 12.6. The van der Waals surface area contributed by atoms with E-state index in [0.29, 0.717) is 0 Å². The predicted molar refractivity (Wildman–Crippen MR) is 88.3 cm³/mol. The fourth-order valence-corrected chi connectivity index (χ4v) is 3.61. The molecule has 0 saturated heterocycles. The molecule has 0 aliphatic carbocycles. The standard InChI is InChI=1S/C16H17NO6S/c1-11-4-6-14(7-5-11)24(20,21)10-12-8-13(22-2)9-15(23-3)16(12)17(18)19/h4-9H,10H2,1-3H3. The van der Waals surface area contributed by atoms with Crippen LogP contribution in [0.2, 0.25) is 0 Å². The fourth-order valence-electron chi connectivity index (χ4n) is 2.26. The van der Waals surface area contributed by atoms with Gasteiger partial charge in [0.15, 0.2) is 9.84 Å². The van der Waals surface area contributed by atoms with E-state index in [1.54, 1.807) is 12.1 Å². The van der Waals surface area contributed by atoms with Gasteiger partial charge < -0.3 is 9.47 Å². The molecule has 0 aromatic heterocycles. The topological polar surface area (TPSA) is 95.7 Å². The summed E-state index contributed by atoms with van der Waals surface area (Å²) in [6.45, 7) is 1.84. The Morgan fingerprint density at radius 3 is 2.21 bits per heavy atom. The van der Waals surface area contributed by atoms with Gasteiger partial charge in [-0.05, 0) is 25.1 Å². The Hall–Kier alpha value is -2.61. The minimum absolute atomic E-state index is 0.0109. The van der Waals surface area contributed by atoms with E-state index in [9.17, 15) is 18.5 Å². The van der Waals surface area contributed by atoms with Crippen molar-refractivity contribution in [3.63, 3.8) is 0 Å². The highest BCUT2D eigenvalue weighted by atomic mass is 32.2. The van der Waals surface area contributed by atoms with Crippen LogP contribution in [0.15, 0.2) is 41.3 Å². The first-order valence-corrected chi connectivity index (χ1v) is 8.62. The van der Waals surface area contributed by atoms with Crippen molar-refractivity contribution in [2.75, 3.05) is 14.2 Å². The molecule has 0 bridgehead atoms. The van der Waals surface area contributed by atoms with Gasteiger partial charge >= 0.3 is 5.69 Å². The third-order valence-corrected chi connectivity index (χ3v) is 5.17. The Bertz CT molecular complexity index is 859. The van der Waals surface area contributed by atoms with Crippen LogP contribution in [0.25, 0.3) is 0 Å². The number of methoxy groups -OCH3 is 2. The predicted octanol–water partition coefficient (Wildman–Crippen LogP) is 2.89. The van der Waals surface area contributed by atoms with E-state index in [2.05, 4.69) is 0 Å². The number of benzene rings is 2. The lowest BCUT2D eigenvalue weighted by Crippen LogP contribution is -2.08. The molecule has 0 spiro atoms. The number of ether oxygens (including phenoxy) is 2. The normalized spacial score (nSPS) is 11.1. The highest BCUT2D eigenvalue weighted by Crippen LogP contribution is 2.37. The molecule has 0 heterocycles. The maximum absolute atomic E-state index is 12.6. The van der Waals surface area contributed by atoms with Gasteiger partial charge in [0.05, 0.1) is 35.4 Å². The summed E-state index contributed by atoms with van der Waals surface area (Å²) in [7, 11) is -1.09. The Kier molecular flexibility index (Phi) is 5.08. The van der Waals surface area contributed by atoms with Crippen molar-refractivity contribution in [1.29, 1.82) is 0 Å². The molecule has 2 rings (SSSR count). The summed E-state index contributed by atoms with van der Waals surface area (Å²) in [6.07, 6.45) is 0. The summed E-state index contributed by atoms with van der Waals surface area (Å²) in [5.74, 6) is -0.292. The third kappa shape index (κ3) is 3.65. The molecule has 7 nitrogen and oxygen atoms in total. The zero-order chi connectivity index (χ0) is 17.9. The summed E-state index contributed by atoms with van der Waals surface area (Å²) in [5.41, 5.74) is 0.550. The van der Waals surface area contributed by atoms with E-state index in [4.69, 9.17) is 9.47 Å². The van der Waals surface area contributed by atoms with E-state index in [1.165, 1.54) is 38.5 Å². The SMILES string of the molecule is COc1cc(CS(=O)(=O)c2ccc(C)cc2)c([N+](=O)[O-])c(OC)c1. The van der Waals surface area contributed by atoms with Crippen LogP contribution in [-0.4, -0.2) is 27.6 Å². The molecule has 0 fully saturated rings.